The molecule has 1 aliphatic rings. The van der Waals surface area contributed by atoms with Crippen LogP contribution in [0.3, 0.4) is 0 Å². The maximum Gasteiger partial charge on any atom is 0.336 e. The van der Waals surface area contributed by atoms with Crippen LogP contribution in [-0.4, -0.2) is 50.6 Å². The molecule has 0 saturated heterocycles. The van der Waals surface area contributed by atoms with Crippen molar-refractivity contribution < 1.29 is 53.9 Å². The molecule has 0 aliphatic heterocycles. The van der Waals surface area contributed by atoms with Crippen LogP contribution in [0.15, 0.2) is 127 Å². The number of carboxylic acids is 4. The molecular formula is C42H26O11. The zero-order valence-electron chi connectivity index (χ0n) is 27.3. The van der Waals surface area contributed by atoms with Crippen molar-refractivity contribution in [1.82, 2.24) is 0 Å². The fourth-order valence-corrected chi connectivity index (χ4v) is 6.98. The van der Waals surface area contributed by atoms with Gasteiger partial charge in [-0.1, -0.05) is 66.7 Å². The number of aldehydes is 1. The average molecular weight is 707 g/mol. The molecule has 53 heavy (non-hydrogen) atoms. The van der Waals surface area contributed by atoms with Crippen molar-refractivity contribution >= 4 is 30.2 Å². The molecule has 6 aromatic rings. The minimum Gasteiger partial charge on any atom is -0.478 e. The van der Waals surface area contributed by atoms with Crippen LogP contribution in [0.2, 0.25) is 0 Å². The van der Waals surface area contributed by atoms with Gasteiger partial charge in [0.2, 0.25) is 0 Å². The van der Waals surface area contributed by atoms with E-state index in [1.165, 1.54) is 24.3 Å². The van der Waals surface area contributed by atoms with Crippen LogP contribution >= 0.6 is 0 Å². The predicted octanol–water partition coefficient (Wildman–Crippen LogP) is 8.24. The van der Waals surface area contributed by atoms with Gasteiger partial charge in [-0.2, -0.15) is 0 Å². The van der Waals surface area contributed by atoms with E-state index in [2.05, 4.69) is 0 Å². The molecule has 0 bridgehead atoms. The van der Waals surface area contributed by atoms with E-state index in [1.54, 1.807) is 30.3 Å². The summed E-state index contributed by atoms with van der Waals surface area (Å²) in [6, 6.07) is 34.9. The highest BCUT2D eigenvalue weighted by molar-refractivity contribution is 6.03. The molecule has 4 N–H and O–H groups in total. The van der Waals surface area contributed by atoms with Gasteiger partial charge >= 0.3 is 23.9 Å². The number of rotatable bonds is 11. The molecule has 0 heterocycles. The monoisotopic (exact) mass is 706 g/mol. The minimum atomic E-state index is -1.41. The van der Waals surface area contributed by atoms with Gasteiger partial charge in [0.1, 0.15) is 29.3 Å². The first-order valence-corrected chi connectivity index (χ1v) is 16.0. The second-order valence-electron chi connectivity index (χ2n) is 12.1. The Kier molecular flexibility index (Phi) is 8.52. The summed E-state index contributed by atoms with van der Waals surface area (Å²) in [6.45, 7) is 0. The van der Waals surface area contributed by atoms with Crippen molar-refractivity contribution in [3.63, 3.8) is 0 Å². The number of carbonyl (C=O) groups is 5. The summed E-state index contributed by atoms with van der Waals surface area (Å²) < 4.78 is 11.9. The van der Waals surface area contributed by atoms with Crippen LogP contribution in [0.1, 0.15) is 74.0 Å². The summed E-state index contributed by atoms with van der Waals surface area (Å²) in [5, 5.41) is 37.9. The highest BCUT2D eigenvalue weighted by Crippen LogP contribution is 2.57. The second-order valence-corrected chi connectivity index (χ2v) is 12.1. The second kappa shape index (κ2) is 13.3. The van der Waals surface area contributed by atoms with Crippen LogP contribution in [-0.2, 0) is 5.41 Å². The van der Waals surface area contributed by atoms with E-state index in [1.807, 2.05) is 60.7 Å². The fraction of sp³-hybridized carbons (Fsp3) is 0.0238. The van der Waals surface area contributed by atoms with Crippen molar-refractivity contribution in [3.8, 4) is 34.1 Å². The molecule has 0 spiro atoms. The lowest BCUT2D eigenvalue weighted by molar-refractivity contribution is 0.0651. The van der Waals surface area contributed by atoms with E-state index >= 15 is 0 Å². The molecule has 11 heteroatoms. The molecule has 6 aromatic carbocycles. The molecule has 260 valence electrons. The summed E-state index contributed by atoms with van der Waals surface area (Å²) in [5.74, 6) is -4.64. The van der Waals surface area contributed by atoms with Crippen LogP contribution in [0.25, 0.3) is 11.1 Å². The van der Waals surface area contributed by atoms with Crippen molar-refractivity contribution in [2.24, 2.45) is 0 Å². The van der Waals surface area contributed by atoms with Gasteiger partial charge in [0.15, 0.2) is 0 Å². The number of hydrogen-bond acceptors (Lipinski definition) is 7. The Morgan fingerprint density at radius 1 is 0.472 bits per heavy atom. The Morgan fingerprint density at radius 3 is 1.36 bits per heavy atom. The van der Waals surface area contributed by atoms with Crippen LogP contribution in [0.4, 0.5) is 0 Å². The van der Waals surface area contributed by atoms with Gasteiger partial charge in [-0.05, 0) is 94.0 Å². The number of fused-ring (bicyclic) bond motifs is 3. The van der Waals surface area contributed by atoms with E-state index in [-0.39, 0.29) is 22.6 Å². The Labute approximate surface area is 300 Å². The van der Waals surface area contributed by atoms with Gasteiger partial charge in [0.25, 0.3) is 0 Å². The summed E-state index contributed by atoms with van der Waals surface area (Å²) in [4.78, 5) is 59.2. The summed E-state index contributed by atoms with van der Waals surface area (Å²) in [6.07, 6.45) is 0.816. The number of aromatic carboxylic acids is 4. The van der Waals surface area contributed by atoms with E-state index in [9.17, 15) is 44.4 Å². The Balaban J connectivity index is 1.33. The van der Waals surface area contributed by atoms with Crippen LogP contribution < -0.4 is 9.47 Å². The lowest BCUT2D eigenvalue weighted by Crippen LogP contribution is -2.29. The molecule has 0 radical (unpaired) electrons. The molecular weight excluding hydrogens is 680 g/mol. The van der Waals surface area contributed by atoms with Crippen molar-refractivity contribution in [2.75, 3.05) is 0 Å². The van der Waals surface area contributed by atoms with Gasteiger partial charge in [-0.25, -0.2) is 19.2 Å². The minimum absolute atomic E-state index is 0.123. The predicted molar refractivity (Wildman–Crippen MR) is 190 cm³/mol. The van der Waals surface area contributed by atoms with Gasteiger partial charge in [0, 0.05) is 5.56 Å². The average Bonchev–Trinajstić information content (AvgIpc) is 3.46. The van der Waals surface area contributed by atoms with E-state index in [0.29, 0.717) is 17.1 Å². The third-order valence-electron chi connectivity index (χ3n) is 9.17. The van der Waals surface area contributed by atoms with Gasteiger partial charge in [-0.3, -0.25) is 4.79 Å². The van der Waals surface area contributed by atoms with Crippen molar-refractivity contribution in [3.05, 3.63) is 177 Å². The van der Waals surface area contributed by atoms with E-state index < -0.39 is 40.4 Å². The summed E-state index contributed by atoms with van der Waals surface area (Å²) in [5.41, 5.74) is 2.84. The largest absolute Gasteiger partial charge is 0.478 e. The zero-order valence-corrected chi connectivity index (χ0v) is 27.3. The SMILES string of the molecule is O=Cc1cccc2c1C(c1ccc(Oc3ccc(C(=O)O)c(C(=O)O)c3)cc1)(c1ccc(Oc3ccc(C(=O)O)c(C(=O)O)c3)cc1)c1ccccc1-2. The number of carboxylic acid groups (broad SMARTS) is 4. The smallest absolute Gasteiger partial charge is 0.336 e. The van der Waals surface area contributed by atoms with Gasteiger partial charge < -0.3 is 29.9 Å². The number of carbonyl (C=O) groups excluding carboxylic acids is 1. The lowest BCUT2D eigenvalue weighted by atomic mass is 9.66. The molecule has 0 amide bonds. The van der Waals surface area contributed by atoms with Crippen LogP contribution in [0.5, 0.6) is 23.0 Å². The topological polar surface area (TPSA) is 185 Å². The maximum absolute atomic E-state index is 12.7. The van der Waals surface area contributed by atoms with Gasteiger partial charge in [-0.15, -0.1) is 0 Å². The summed E-state index contributed by atoms with van der Waals surface area (Å²) >= 11 is 0. The standard InChI is InChI=1S/C42H26O11/c43-22-23-4-3-6-31-30-5-1-2-7-36(30)42(37(23)31,24-8-12-26(13-9-24)52-28-16-18-32(38(44)45)34(20-28)40(48)49)25-10-14-27(15-11-25)53-29-17-19-33(39(46)47)35(21-29)41(50)51/h1-22H,(H,44,45)(H,46,47)(H,48,49)(H,50,51). The third-order valence-corrected chi connectivity index (χ3v) is 9.17. The fourth-order valence-electron chi connectivity index (χ4n) is 6.98. The zero-order chi connectivity index (χ0) is 37.4. The van der Waals surface area contributed by atoms with E-state index in [0.717, 1.165) is 51.8 Å². The first kappa shape index (κ1) is 33.9. The normalized spacial score (nSPS) is 12.2. The highest BCUT2D eigenvalue weighted by atomic mass is 16.5. The quantitative estimate of drug-likeness (QED) is 0.0950. The Bertz CT molecular complexity index is 2360. The molecule has 0 aromatic heterocycles. The van der Waals surface area contributed by atoms with Crippen molar-refractivity contribution in [2.45, 2.75) is 5.41 Å². The Hall–Kier alpha value is -7.53. The molecule has 11 nitrogen and oxygen atoms in total. The van der Waals surface area contributed by atoms with E-state index in [4.69, 9.17) is 9.47 Å². The number of hydrogen-bond donors (Lipinski definition) is 4. The molecule has 0 atom stereocenters. The highest BCUT2D eigenvalue weighted by Gasteiger charge is 2.47. The molecule has 0 unspecified atom stereocenters. The molecule has 1 aliphatic carbocycles. The number of ether oxygens (including phenoxy) is 2. The molecule has 0 fully saturated rings. The van der Waals surface area contributed by atoms with Crippen molar-refractivity contribution in [1.29, 1.82) is 0 Å². The first-order chi connectivity index (χ1) is 25.5. The van der Waals surface area contributed by atoms with Crippen LogP contribution in [0, 0.1) is 0 Å². The van der Waals surface area contributed by atoms with Gasteiger partial charge in [0.05, 0.1) is 27.7 Å². The first-order valence-electron chi connectivity index (χ1n) is 16.0. The number of benzene rings is 6. The molecule has 0 saturated carbocycles. The summed E-state index contributed by atoms with van der Waals surface area (Å²) in [7, 11) is 0. The molecule has 7 rings (SSSR count). The lowest BCUT2D eigenvalue weighted by Gasteiger charge is -2.34. The third kappa shape index (κ3) is 5.81. The maximum atomic E-state index is 12.7. The Morgan fingerprint density at radius 2 is 0.906 bits per heavy atom.